The summed E-state index contributed by atoms with van der Waals surface area (Å²) in [6, 6.07) is 4.85. The van der Waals surface area contributed by atoms with E-state index in [-0.39, 0.29) is 17.4 Å². The highest BCUT2D eigenvalue weighted by molar-refractivity contribution is 5.94. The molecule has 4 nitrogen and oxygen atoms in total. The van der Waals surface area contributed by atoms with Crippen molar-refractivity contribution in [2.75, 3.05) is 5.32 Å². The molecule has 0 fully saturated rings. The Morgan fingerprint density at radius 2 is 2.11 bits per heavy atom. The zero-order valence-electron chi connectivity index (χ0n) is 10.8. The van der Waals surface area contributed by atoms with Crippen molar-refractivity contribution >= 4 is 17.6 Å². The third kappa shape index (κ3) is 3.22. The van der Waals surface area contributed by atoms with Crippen LogP contribution in [-0.2, 0) is 4.79 Å². The third-order valence-corrected chi connectivity index (χ3v) is 3.36. The first kappa shape index (κ1) is 13.3. The lowest BCUT2D eigenvalue weighted by Gasteiger charge is -2.17. The molecule has 1 aromatic carbocycles. The van der Waals surface area contributed by atoms with Gasteiger partial charge in [0.2, 0.25) is 5.91 Å². The number of anilines is 1. The number of carboxylic acid groups (broad SMARTS) is 1. The zero-order chi connectivity index (χ0) is 13.8. The van der Waals surface area contributed by atoms with E-state index >= 15 is 0 Å². The van der Waals surface area contributed by atoms with Crippen LogP contribution in [0.5, 0.6) is 0 Å². The van der Waals surface area contributed by atoms with Crippen LogP contribution < -0.4 is 5.32 Å². The number of benzene rings is 1. The number of nitrogens with one attached hydrogen (secondary N) is 1. The lowest BCUT2D eigenvalue weighted by atomic mass is 9.93. The van der Waals surface area contributed by atoms with E-state index in [0.29, 0.717) is 11.3 Å². The molecule has 0 saturated carbocycles. The second kappa shape index (κ2) is 5.69. The van der Waals surface area contributed by atoms with Gasteiger partial charge in [-0.15, -0.1) is 0 Å². The minimum atomic E-state index is -0.951. The van der Waals surface area contributed by atoms with Crippen LogP contribution in [0.1, 0.15) is 35.2 Å². The Labute approximate surface area is 112 Å². The van der Waals surface area contributed by atoms with Gasteiger partial charge >= 0.3 is 5.97 Å². The number of rotatable bonds is 3. The van der Waals surface area contributed by atoms with Crippen molar-refractivity contribution in [2.45, 2.75) is 26.2 Å². The molecule has 19 heavy (non-hydrogen) atoms. The summed E-state index contributed by atoms with van der Waals surface area (Å²) in [5.74, 6) is -0.927. The molecule has 0 spiro atoms. The summed E-state index contributed by atoms with van der Waals surface area (Å²) in [5, 5.41) is 11.8. The Kier molecular flexibility index (Phi) is 4.00. The Morgan fingerprint density at radius 3 is 2.68 bits per heavy atom. The Hall–Kier alpha value is -2.10. The predicted molar refractivity (Wildman–Crippen MR) is 73.2 cm³/mol. The number of hydrogen-bond donors (Lipinski definition) is 2. The molecule has 1 amide bonds. The molecule has 2 rings (SSSR count). The molecule has 0 unspecified atom stereocenters. The topological polar surface area (TPSA) is 66.4 Å². The van der Waals surface area contributed by atoms with E-state index in [1.165, 1.54) is 6.07 Å². The number of amides is 1. The average molecular weight is 259 g/mol. The summed E-state index contributed by atoms with van der Waals surface area (Å²) in [7, 11) is 0. The van der Waals surface area contributed by atoms with Gasteiger partial charge in [-0.1, -0.05) is 12.2 Å². The monoisotopic (exact) mass is 259 g/mol. The molecule has 0 aromatic heterocycles. The molecule has 1 aliphatic carbocycles. The number of allylic oxidation sites excluding steroid dienone is 2. The first-order valence-electron chi connectivity index (χ1n) is 6.37. The van der Waals surface area contributed by atoms with Crippen LogP contribution in [0.3, 0.4) is 0 Å². The van der Waals surface area contributed by atoms with E-state index in [1.54, 1.807) is 19.1 Å². The van der Waals surface area contributed by atoms with Crippen LogP contribution in [0, 0.1) is 12.8 Å². The van der Waals surface area contributed by atoms with Gasteiger partial charge in [0.05, 0.1) is 5.56 Å². The molecule has 1 atom stereocenters. The second-order valence-electron chi connectivity index (χ2n) is 4.81. The van der Waals surface area contributed by atoms with E-state index in [0.717, 1.165) is 19.3 Å². The Morgan fingerprint density at radius 1 is 1.32 bits per heavy atom. The lowest BCUT2D eigenvalue weighted by Crippen LogP contribution is -2.23. The van der Waals surface area contributed by atoms with Gasteiger partial charge in [-0.05, 0) is 49.9 Å². The fourth-order valence-electron chi connectivity index (χ4n) is 2.26. The van der Waals surface area contributed by atoms with Crippen LogP contribution in [0.4, 0.5) is 5.69 Å². The van der Waals surface area contributed by atoms with Gasteiger partial charge in [-0.25, -0.2) is 4.79 Å². The van der Waals surface area contributed by atoms with Crippen LogP contribution in [0.25, 0.3) is 0 Å². The Bertz CT molecular complexity index is 534. The normalized spacial score (nSPS) is 18.1. The van der Waals surface area contributed by atoms with Crippen LogP contribution >= 0.6 is 0 Å². The molecule has 0 heterocycles. The van der Waals surface area contributed by atoms with Crippen molar-refractivity contribution < 1.29 is 14.7 Å². The number of carboxylic acids is 1. The molecule has 0 bridgehead atoms. The largest absolute Gasteiger partial charge is 0.478 e. The maximum absolute atomic E-state index is 12.0. The van der Waals surface area contributed by atoms with E-state index in [9.17, 15) is 9.59 Å². The van der Waals surface area contributed by atoms with Crippen LogP contribution in [0.15, 0.2) is 30.4 Å². The van der Waals surface area contributed by atoms with Crippen molar-refractivity contribution in [1.82, 2.24) is 0 Å². The molecular weight excluding hydrogens is 242 g/mol. The van der Waals surface area contributed by atoms with Gasteiger partial charge in [0.25, 0.3) is 0 Å². The first-order valence-corrected chi connectivity index (χ1v) is 6.37. The van der Waals surface area contributed by atoms with E-state index in [4.69, 9.17) is 5.11 Å². The SMILES string of the molecule is Cc1cc(NC(=O)[C@@H]2CC=CCC2)ccc1C(=O)O. The maximum Gasteiger partial charge on any atom is 0.335 e. The summed E-state index contributed by atoms with van der Waals surface area (Å²) < 4.78 is 0. The lowest BCUT2D eigenvalue weighted by molar-refractivity contribution is -0.120. The van der Waals surface area contributed by atoms with Crippen molar-refractivity contribution in [3.63, 3.8) is 0 Å². The predicted octanol–water partition coefficient (Wildman–Crippen LogP) is 2.99. The van der Waals surface area contributed by atoms with Crippen LogP contribution in [0.2, 0.25) is 0 Å². The third-order valence-electron chi connectivity index (χ3n) is 3.36. The van der Waals surface area contributed by atoms with E-state index < -0.39 is 5.97 Å². The molecule has 100 valence electrons. The summed E-state index contributed by atoms with van der Waals surface area (Å²) in [5.41, 5.74) is 1.56. The second-order valence-corrected chi connectivity index (χ2v) is 4.81. The highest BCUT2D eigenvalue weighted by atomic mass is 16.4. The smallest absolute Gasteiger partial charge is 0.335 e. The number of carbonyl (C=O) groups is 2. The average Bonchev–Trinajstić information content (AvgIpc) is 2.39. The van der Waals surface area contributed by atoms with Gasteiger partial charge < -0.3 is 10.4 Å². The highest BCUT2D eigenvalue weighted by Crippen LogP contribution is 2.21. The molecular formula is C15H17NO3. The molecule has 1 aliphatic rings. The van der Waals surface area contributed by atoms with E-state index in [2.05, 4.69) is 11.4 Å². The maximum atomic E-state index is 12.0. The van der Waals surface area contributed by atoms with Gasteiger partial charge in [0.1, 0.15) is 0 Å². The minimum Gasteiger partial charge on any atom is -0.478 e. The summed E-state index contributed by atoms with van der Waals surface area (Å²) in [6.45, 7) is 1.72. The van der Waals surface area contributed by atoms with Gasteiger partial charge in [-0.2, -0.15) is 0 Å². The quantitative estimate of drug-likeness (QED) is 0.820. The number of hydrogen-bond acceptors (Lipinski definition) is 2. The van der Waals surface area contributed by atoms with Gasteiger partial charge in [0.15, 0.2) is 0 Å². The fraction of sp³-hybridized carbons (Fsp3) is 0.333. The number of carbonyl (C=O) groups excluding carboxylic acids is 1. The van der Waals surface area contributed by atoms with Crippen molar-refractivity contribution in [2.24, 2.45) is 5.92 Å². The van der Waals surface area contributed by atoms with Crippen molar-refractivity contribution in [3.8, 4) is 0 Å². The zero-order valence-corrected chi connectivity index (χ0v) is 10.8. The minimum absolute atomic E-state index is 0.00632. The molecule has 4 heteroatoms. The summed E-state index contributed by atoms with van der Waals surface area (Å²) in [4.78, 5) is 22.9. The molecule has 0 radical (unpaired) electrons. The number of aryl methyl sites for hydroxylation is 1. The van der Waals surface area contributed by atoms with Crippen molar-refractivity contribution in [1.29, 1.82) is 0 Å². The Balaban J connectivity index is 2.07. The standard InChI is InChI=1S/C15H17NO3/c1-10-9-12(7-8-13(10)15(18)19)16-14(17)11-5-3-2-4-6-11/h2-3,7-9,11H,4-6H2,1H3,(H,16,17)(H,18,19)/t11-/m1/s1. The molecule has 2 N–H and O–H groups in total. The van der Waals surface area contributed by atoms with E-state index in [1.807, 2.05) is 6.08 Å². The highest BCUT2D eigenvalue weighted by Gasteiger charge is 2.19. The molecule has 0 saturated heterocycles. The van der Waals surface area contributed by atoms with Gasteiger partial charge in [-0.3, -0.25) is 4.79 Å². The fourth-order valence-corrected chi connectivity index (χ4v) is 2.26. The summed E-state index contributed by atoms with van der Waals surface area (Å²) in [6.07, 6.45) is 6.71. The number of aromatic carboxylic acids is 1. The summed E-state index contributed by atoms with van der Waals surface area (Å²) >= 11 is 0. The van der Waals surface area contributed by atoms with Crippen molar-refractivity contribution in [3.05, 3.63) is 41.5 Å². The van der Waals surface area contributed by atoms with Gasteiger partial charge in [0, 0.05) is 11.6 Å². The molecule has 1 aromatic rings. The van der Waals surface area contributed by atoms with Crippen LogP contribution in [-0.4, -0.2) is 17.0 Å². The first-order chi connectivity index (χ1) is 9.08. The molecule has 0 aliphatic heterocycles.